The zero-order valence-electron chi connectivity index (χ0n) is 21.2. The number of hydrogen-bond donors (Lipinski definition) is 1. The Hall–Kier alpha value is -2.35. The van der Waals surface area contributed by atoms with Gasteiger partial charge in [-0.1, -0.05) is 25.1 Å². The van der Waals surface area contributed by atoms with Crippen molar-refractivity contribution >= 4 is 36.6 Å². The van der Waals surface area contributed by atoms with Gasteiger partial charge in [0.2, 0.25) is 11.8 Å². The van der Waals surface area contributed by atoms with Crippen molar-refractivity contribution in [3.63, 3.8) is 0 Å². The number of piperidine rings is 1. The summed E-state index contributed by atoms with van der Waals surface area (Å²) < 4.78 is 5.24. The number of carbonyl (C=O) groups is 2. The normalized spacial score (nSPS) is 17.7. The molecule has 2 aromatic rings. The highest BCUT2D eigenvalue weighted by Crippen LogP contribution is 2.42. The smallest absolute Gasteiger partial charge is 0.229 e. The number of benzene rings is 1. The second kappa shape index (κ2) is 13.8. The lowest BCUT2D eigenvalue weighted by atomic mass is 9.77. The first-order valence-electron chi connectivity index (χ1n) is 12.4. The van der Waals surface area contributed by atoms with Crippen molar-refractivity contribution in [2.75, 3.05) is 33.3 Å². The Morgan fingerprint density at radius 1 is 1.08 bits per heavy atom. The number of aromatic nitrogens is 1. The van der Waals surface area contributed by atoms with Gasteiger partial charge in [0, 0.05) is 32.3 Å². The number of rotatable bonds is 9. The summed E-state index contributed by atoms with van der Waals surface area (Å²) in [5.74, 6) is 1.19. The maximum Gasteiger partial charge on any atom is 0.229 e. The third kappa shape index (κ3) is 7.11. The summed E-state index contributed by atoms with van der Waals surface area (Å²) in [6, 6.07) is 13.7. The summed E-state index contributed by atoms with van der Waals surface area (Å²) in [5.41, 5.74) is 1.83. The summed E-state index contributed by atoms with van der Waals surface area (Å²) in [5, 5.41) is 3.12. The van der Waals surface area contributed by atoms with E-state index in [1.54, 1.807) is 13.3 Å². The van der Waals surface area contributed by atoms with Gasteiger partial charge in [-0.05, 0) is 68.6 Å². The van der Waals surface area contributed by atoms with Crippen molar-refractivity contribution in [3.05, 3.63) is 59.9 Å². The van der Waals surface area contributed by atoms with Crippen LogP contribution in [0.3, 0.4) is 0 Å². The van der Waals surface area contributed by atoms with Gasteiger partial charge in [-0.3, -0.25) is 14.6 Å². The minimum atomic E-state index is -0.209. The van der Waals surface area contributed by atoms with Gasteiger partial charge in [-0.15, -0.1) is 24.8 Å². The molecule has 0 radical (unpaired) electrons. The molecule has 2 saturated heterocycles. The molecule has 9 heteroatoms. The molecule has 0 aliphatic carbocycles. The summed E-state index contributed by atoms with van der Waals surface area (Å²) >= 11 is 0. The number of pyridine rings is 1. The van der Waals surface area contributed by atoms with Gasteiger partial charge in [-0.2, -0.15) is 0 Å². The van der Waals surface area contributed by atoms with Crippen molar-refractivity contribution in [3.8, 4) is 5.75 Å². The Morgan fingerprint density at radius 2 is 1.78 bits per heavy atom. The molecule has 0 bridgehead atoms. The fourth-order valence-corrected chi connectivity index (χ4v) is 5.15. The number of methoxy groups -OCH3 is 1. The first-order valence-corrected chi connectivity index (χ1v) is 12.4. The Bertz CT molecular complexity index is 967. The van der Waals surface area contributed by atoms with Crippen LogP contribution < -0.4 is 10.1 Å². The molecule has 1 aromatic carbocycles. The highest BCUT2D eigenvalue weighted by molar-refractivity contribution is 5.86. The summed E-state index contributed by atoms with van der Waals surface area (Å²) in [6.07, 6.45) is 5.80. The molecule has 2 aliphatic heterocycles. The molecule has 36 heavy (non-hydrogen) atoms. The quantitative estimate of drug-likeness (QED) is 0.513. The Labute approximate surface area is 226 Å². The lowest BCUT2D eigenvalue weighted by molar-refractivity contribution is -0.139. The van der Waals surface area contributed by atoms with E-state index < -0.39 is 0 Å². The van der Waals surface area contributed by atoms with Gasteiger partial charge in [0.1, 0.15) is 5.75 Å². The SMILES string of the molecule is CCC(=O)NC(CCN1CCC2(CC1)CCN(Cc1ccc(OC)cc1)C2=O)c1ccccn1.Cl.Cl. The van der Waals surface area contributed by atoms with E-state index in [0.717, 1.165) is 68.9 Å². The number of nitrogens with zero attached hydrogens (tertiary/aromatic N) is 3. The summed E-state index contributed by atoms with van der Waals surface area (Å²) in [4.78, 5) is 34.3. The summed E-state index contributed by atoms with van der Waals surface area (Å²) in [6.45, 7) is 6.07. The number of amides is 2. The van der Waals surface area contributed by atoms with Crippen LogP contribution in [0.2, 0.25) is 0 Å². The van der Waals surface area contributed by atoms with E-state index in [-0.39, 0.29) is 42.2 Å². The molecule has 198 valence electrons. The van der Waals surface area contributed by atoms with E-state index in [0.29, 0.717) is 18.9 Å². The average Bonchev–Trinajstić information content (AvgIpc) is 3.18. The zero-order valence-corrected chi connectivity index (χ0v) is 22.8. The van der Waals surface area contributed by atoms with Crippen LogP contribution in [0.1, 0.15) is 56.3 Å². The van der Waals surface area contributed by atoms with Crippen LogP contribution in [0.5, 0.6) is 5.75 Å². The van der Waals surface area contributed by atoms with Crippen LogP contribution in [-0.2, 0) is 16.1 Å². The third-order valence-corrected chi connectivity index (χ3v) is 7.38. The second-order valence-corrected chi connectivity index (χ2v) is 9.46. The van der Waals surface area contributed by atoms with Crippen molar-refractivity contribution in [1.29, 1.82) is 0 Å². The minimum Gasteiger partial charge on any atom is -0.497 e. The maximum absolute atomic E-state index is 13.3. The fourth-order valence-electron chi connectivity index (χ4n) is 5.15. The molecule has 7 nitrogen and oxygen atoms in total. The van der Waals surface area contributed by atoms with Crippen LogP contribution in [0.4, 0.5) is 0 Å². The number of carbonyl (C=O) groups excluding carboxylic acids is 2. The van der Waals surface area contributed by atoms with E-state index in [2.05, 4.69) is 15.2 Å². The van der Waals surface area contributed by atoms with Crippen LogP contribution >= 0.6 is 24.8 Å². The Morgan fingerprint density at radius 3 is 2.39 bits per heavy atom. The van der Waals surface area contributed by atoms with Crippen molar-refractivity contribution in [2.45, 2.75) is 51.6 Å². The minimum absolute atomic E-state index is 0. The van der Waals surface area contributed by atoms with Gasteiger partial charge < -0.3 is 19.9 Å². The predicted octanol–water partition coefficient (Wildman–Crippen LogP) is 4.41. The van der Waals surface area contributed by atoms with E-state index in [1.807, 2.05) is 54.3 Å². The molecular formula is C27H38Cl2N4O3. The maximum atomic E-state index is 13.3. The topological polar surface area (TPSA) is 74.8 Å². The van der Waals surface area contributed by atoms with Crippen LogP contribution in [0.25, 0.3) is 0 Å². The van der Waals surface area contributed by atoms with Crippen LogP contribution in [0, 0.1) is 5.41 Å². The highest BCUT2D eigenvalue weighted by atomic mass is 35.5. The van der Waals surface area contributed by atoms with Crippen LogP contribution in [-0.4, -0.2) is 59.9 Å². The molecule has 4 rings (SSSR count). The van der Waals surface area contributed by atoms with E-state index >= 15 is 0 Å². The van der Waals surface area contributed by atoms with Crippen molar-refractivity contribution < 1.29 is 14.3 Å². The molecule has 1 aromatic heterocycles. The lowest BCUT2D eigenvalue weighted by Gasteiger charge is -2.38. The Balaban J connectivity index is 0.00000228. The molecule has 1 spiro atoms. The van der Waals surface area contributed by atoms with Gasteiger partial charge in [0.15, 0.2) is 0 Å². The summed E-state index contributed by atoms with van der Waals surface area (Å²) in [7, 11) is 1.66. The van der Waals surface area contributed by atoms with Gasteiger partial charge in [0.05, 0.1) is 24.3 Å². The third-order valence-electron chi connectivity index (χ3n) is 7.38. The number of halogens is 2. The molecule has 2 aliphatic rings. The molecule has 3 heterocycles. The number of ether oxygens (including phenoxy) is 1. The number of nitrogens with one attached hydrogen (secondary N) is 1. The van der Waals surface area contributed by atoms with E-state index in [1.165, 1.54) is 0 Å². The fraction of sp³-hybridized carbons (Fsp3) is 0.519. The van der Waals surface area contributed by atoms with Gasteiger partial charge in [0.25, 0.3) is 0 Å². The van der Waals surface area contributed by atoms with Crippen molar-refractivity contribution in [2.24, 2.45) is 5.41 Å². The van der Waals surface area contributed by atoms with Gasteiger partial charge in [-0.25, -0.2) is 0 Å². The van der Waals surface area contributed by atoms with Gasteiger partial charge >= 0.3 is 0 Å². The monoisotopic (exact) mass is 536 g/mol. The molecule has 1 unspecified atom stereocenters. The molecule has 2 amide bonds. The number of likely N-dealkylation sites (tertiary alicyclic amines) is 2. The van der Waals surface area contributed by atoms with Crippen molar-refractivity contribution in [1.82, 2.24) is 20.1 Å². The molecule has 1 atom stereocenters. The first kappa shape index (κ1) is 29.9. The molecule has 2 fully saturated rings. The largest absolute Gasteiger partial charge is 0.497 e. The Kier molecular flexibility index (Phi) is 11.5. The standard InChI is InChI=1S/C27H36N4O3.2ClH/c1-3-25(32)29-24(23-6-4-5-15-28-23)11-16-30-17-12-27(13-18-30)14-19-31(26(27)33)20-21-7-9-22(34-2)10-8-21;;/h4-10,15,24H,3,11-14,16-20H2,1-2H3,(H,29,32);2*1H. The van der Waals surface area contributed by atoms with E-state index in [9.17, 15) is 9.59 Å². The highest BCUT2D eigenvalue weighted by Gasteiger charge is 2.47. The zero-order chi connectivity index (χ0) is 24.0. The average molecular weight is 538 g/mol. The predicted molar refractivity (Wildman–Crippen MR) is 146 cm³/mol. The van der Waals surface area contributed by atoms with Crippen LogP contribution in [0.15, 0.2) is 48.7 Å². The lowest BCUT2D eigenvalue weighted by Crippen LogP contribution is -2.45. The van der Waals surface area contributed by atoms with E-state index in [4.69, 9.17) is 4.74 Å². The molecule has 0 saturated carbocycles. The molecular weight excluding hydrogens is 499 g/mol. The molecule has 1 N–H and O–H groups in total. The number of hydrogen-bond acceptors (Lipinski definition) is 5. The first-order chi connectivity index (χ1) is 16.5. The second-order valence-electron chi connectivity index (χ2n) is 9.46.